The Morgan fingerprint density at radius 3 is 1.19 bits per heavy atom. The lowest BCUT2D eigenvalue weighted by Gasteiger charge is -2.27. The second kappa shape index (κ2) is 16.1. The van der Waals surface area contributed by atoms with Gasteiger partial charge >= 0.3 is 0 Å². The van der Waals surface area contributed by atoms with Gasteiger partial charge < -0.3 is 9.32 Å². The molecule has 1 aromatic heterocycles. The molecule has 0 aliphatic carbocycles. The van der Waals surface area contributed by atoms with Crippen LogP contribution < -0.4 is 4.90 Å². The Labute approximate surface area is 362 Å². The van der Waals surface area contributed by atoms with E-state index in [1.807, 2.05) is 12.1 Å². The van der Waals surface area contributed by atoms with Crippen LogP contribution in [0.25, 0.3) is 88.7 Å². The molecule has 0 amide bonds. The number of furan rings is 1. The number of fused-ring (bicyclic) bond motifs is 3. The lowest BCUT2D eigenvalue weighted by atomic mass is 9.97. The van der Waals surface area contributed by atoms with Crippen LogP contribution in [0.5, 0.6) is 0 Å². The number of hydrogen-bond donors (Lipinski definition) is 0. The van der Waals surface area contributed by atoms with Gasteiger partial charge in [0, 0.05) is 33.4 Å². The fourth-order valence-electron chi connectivity index (χ4n) is 8.76. The number of anilines is 3. The zero-order valence-electron chi connectivity index (χ0n) is 34.0. The largest absolute Gasteiger partial charge is 0.455 e. The van der Waals surface area contributed by atoms with E-state index < -0.39 is 0 Å². The van der Waals surface area contributed by atoms with E-state index in [1.165, 1.54) is 33.4 Å². The molecule has 0 saturated carbocycles. The Morgan fingerprint density at radius 1 is 0.242 bits per heavy atom. The average Bonchev–Trinajstić information content (AvgIpc) is 3.74. The van der Waals surface area contributed by atoms with Crippen molar-refractivity contribution in [3.8, 4) is 66.8 Å². The van der Waals surface area contributed by atoms with Crippen LogP contribution in [0.3, 0.4) is 0 Å². The fourth-order valence-corrected chi connectivity index (χ4v) is 8.76. The molecule has 0 atom stereocenters. The first-order chi connectivity index (χ1) is 30.7. The van der Waals surface area contributed by atoms with Crippen molar-refractivity contribution in [3.05, 3.63) is 249 Å². The van der Waals surface area contributed by atoms with Crippen molar-refractivity contribution in [2.45, 2.75) is 0 Å². The van der Waals surface area contributed by atoms with E-state index in [-0.39, 0.29) is 0 Å². The van der Waals surface area contributed by atoms with Crippen LogP contribution in [0.1, 0.15) is 0 Å². The maximum absolute atomic E-state index is 6.43. The Kier molecular flexibility index (Phi) is 9.57. The van der Waals surface area contributed by atoms with Crippen LogP contribution in [-0.4, -0.2) is 0 Å². The smallest absolute Gasteiger partial charge is 0.143 e. The van der Waals surface area contributed by atoms with Crippen LogP contribution in [0.4, 0.5) is 17.1 Å². The van der Waals surface area contributed by atoms with Crippen molar-refractivity contribution >= 4 is 39.0 Å². The number of para-hydroxylation sites is 2. The Hall–Kier alpha value is -8.20. The predicted octanol–water partition coefficient (Wildman–Crippen LogP) is 17.1. The summed E-state index contributed by atoms with van der Waals surface area (Å²) in [6, 6.07) is 89.1. The molecule has 11 aromatic rings. The van der Waals surface area contributed by atoms with Gasteiger partial charge in [-0.1, -0.05) is 188 Å². The third-order valence-corrected chi connectivity index (χ3v) is 11.9. The first-order valence-corrected chi connectivity index (χ1v) is 21.2. The van der Waals surface area contributed by atoms with Gasteiger partial charge in [-0.05, 0) is 122 Å². The molecule has 10 aromatic carbocycles. The molecule has 0 bridgehead atoms. The summed E-state index contributed by atoms with van der Waals surface area (Å²) in [5, 5.41) is 2.27. The minimum Gasteiger partial charge on any atom is -0.455 e. The van der Waals surface area contributed by atoms with Crippen molar-refractivity contribution < 1.29 is 4.42 Å². The first kappa shape index (κ1) is 36.8. The molecule has 0 saturated heterocycles. The quantitative estimate of drug-likeness (QED) is 0.145. The van der Waals surface area contributed by atoms with Gasteiger partial charge in [-0.25, -0.2) is 0 Å². The lowest BCUT2D eigenvalue weighted by Crippen LogP contribution is -2.10. The normalized spacial score (nSPS) is 11.2. The fraction of sp³-hybridized carbons (Fsp3) is 0. The van der Waals surface area contributed by atoms with Crippen LogP contribution in [0, 0.1) is 0 Å². The van der Waals surface area contributed by atoms with Gasteiger partial charge in [-0.2, -0.15) is 0 Å². The number of hydrogen-bond acceptors (Lipinski definition) is 2. The van der Waals surface area contributed by atoms with Gasteiger partial charge in [0.25, 0.3) is 0 Å². The van der Waals surface area contributed by atoms with E-state index in [1.54, 1.807) is 0 Å². The van der Waals surface area contributed by atoms with Crippen LogP contribution in [-0.2, 0) is 0 Å². The molecule has 0 spiro atoms. The summed E-state index contributed by atoms with van der Waals surface area (Å²) in [5.41, 5.74) is 19.0. The summed E-state index contributed by atoms with van der Waals surface area (Å²) in [6.07, 6.45) is 0. The SMILES string of the molecule is c1ccc(-c2cccc(-c3cccc(N(c4ccc(-c5cccc(-c6cccc7c6oc6ccccc67)c5)cc4)c4cccc(-c5cccc(-c6ccccc6)c5)c4)c3)c2)cc1. The topological polar surface area (TPSA) is 16.4 Å². The van der Waals surface area contributed by atoms with Crippen molar-refractivity contribution in [1.82, 2.24) is 0 Å². The highest BCUT2D eigenvalue weighted by Crippen LogP contribution is 2.41. The van der Waals surface area contributed by atoms with Gasteiger partial charge in [-0.15, -0.1) is 0 Å². The molecule has 62 heavy (non-hydrogen) atoms. The predicted molar refractivity (Wildman–Crippen MR) is 261 cm³/mol. The summed E-state index contributed by atoms with van der Waals surface area (Å²) < 4.78 is 6.43. The standard InChI is InChI=1S/C60H41NO/c1-3-15-42(16-4-1)45-19-9-22-48(37-45)50-24-12-27-54(40-50)61(55-28-13-25-51(41-55)49-23-10-20-46(38-49)43-17-5-2-6-18-43)53-35-33-44(34-36-53)47-21-11-26-52(39-47)56-30-14-31-58-57-29-7-8-32-59(57)62-60(56)58/h1-41H. The van der Waals surface area contributed by atoms with Gasteiger partial charge in [0.1, 0.15) is 11.2 Å². The average molecular weight is 792 g/mol. The maximum atomic E-state index is 6.43. The minimum absolute atomic E-state index is 0.906. The zero-order chi connectivity index (χ0) is 41.2. The lowest BCUT2D eigenvalue weighted by molar-refractivity contribution is 0.670. The molecule has 0 radical (unpaired) electrons. The first-order valence-electron chi connectivity index (χ1n) is 21.2. The van der Waals surface area contributed by atoms with Crippen molar-refractivity contribution in [2.24, 2.45) is 0 Å². The molecule has 11 rings (SSSR count). The molecular formula is C60H41NO. The number of nitrogens with zero attached hydrogens (tertiary/aromatic N) is 1. The monoisotopic (exact) mass is 791 g/mol. The highest BCUT2D eigenvalue weighted by molar-refractivity contribution is 6.09. The number of benzene rings is 10. The van der Waals surface area contributed by atoms with Crippen molar-refractivity contribution in [3.63, 3.8) is 0 Å². The van der Waals surface area contributed by atoms with E-state index in [2.05, 4.69) is 241 Å². The van der Waals surface area contributed by atoms with Gasteiger partial charge in [0.05, 0.1) is 0 Å². The van der Waals surface area contributed by atoms with Crippen molar-refractivity contribution in [2.75, 3.05) is 4.90 Å². The molecule has 0 fully saturated rings. The van der Waals surface area contributed by atoms with E-state index >= 15 is 0 Å². The van der Waals surface area contributed by atoms with E-state index in [0.717, 1.165) is 72.4 Å². The summed E-state index contributed by atoms with van der Waals surface area (Å²) in [7, 11) is 0. The Morgan fingerprint density at radius 2 is 0.629 bits per heavy atom. The van der Waals surface area contributed by atoms with E-state index in [9.17, 15) is 0 Å². The van der Waals surface area contributed by atoms with Crippen LogP contribution in [0.15, 0.2) is 253 Å². The summed E-state index contributed by atoms with van der Waals surface area (Å²) in [5.74, 6) is 0. The van der Waals surface area contributed by atoms with Gasteiger partial charge in [0.15, 0.2) is 0 Å². The minimum atomic E-state index is 0.906. The highest BCUT2D eigenvalue weighted by Gasteiger charge is 2.17. The van der Waals surface area contributed by atoms with Gasteiger partial charge in [-0.3, -0.25) is 0 Å². The Bertz CT molecular complexity index is 3220. The number of rotatable bonds is 9. The summed E-state index contributed by atoms with van der Waals surface area (Å²) in [4.78, 5) is 2.37. The van der Waals surface area contributed by atoms with E-state index in [0.29, 0.717) is 0 Å². The van der Waals surface area contributed by atoms with Crippen LogP contribution >= 0.6 is 0 Å². The third-order valence-electron chi connectivity index (χ3n) is 11.9. The molecule has 0 aliphatic heterocycles. The molecule has 1 heterocycles. The second-order valence-corrected chi connectivity index (χ2v) is 15.7. The second-order valence-electron chi connectivity index (χ2n) is 15.7. The van der Waals surface area contributed by atoms with Gasteiger partial charge in [0.2, 0.25) is 0 Å². The molecule has 292 valence electrons. The molecule has 0 unspecified atom stereocenters. The molecule has 2 nitrogen and oxygen atoms in total. The third kappa shape index (κ3) is 7.14. The molecular weight excluding hydrogens is 751 g/mol. The Balaban J connectivity index is 0.986. The van der Waals surface area contributed by atoms with E-state index in [4.69, 9.17) is 4.42 Å². The highest BCUT2D eigenvalue weighted by atomic mass is 16.3. The van der Waals surface area contributed by atoms with Crippen molar-refractivity contribution in [1.29, 1.82) is 0 Å². The van der Waals surface area contributed by atoms with Crippen LogP contribution in [0.2, 0.25) is 0 Å². The molecule has 0 N–H and O–H groups in total. The molecule has 2 heteroatoms. The summed E-state index contributed by atoms with van der Waals surface area (Å²) >= 11 is 0. The maximum Gasteiger partial charge on any atom is 0.143 e. The molecule has 0 aliphatic rings. The summed E-state index contributed by atoms with van der Waals surface area (Å²) in [6.45, 7) is 0. The zero-order valence-corrected chi connectivity index (χ0v) is 34.0.